The zero-order valence-corrected chi connectivity index (χ0v) is 74.3. The van der Waals surface area contributed by atoms with Gasteiger partial charge in [-0.25, -0.2) is 14.4 Å². The SMILES string of the molecule is CSCC[C@@H](NC(=O)[C@H](CC(C)C)NC(=O)[C@@H](Cc1c[nH]c2ccccc12)NC(=O)[C@H](Cc1c[nH]c2ccccc12)NC(=O)[C@@H](Cc1c[nH]c2ccccc12)NC(=O)[C@H](CCC(N)=O)NC(=O)[C@H](CCC(N)=O)NC(=O)[C@@H]1CCCN1C(=O)[C@H](CCCCNC(=O)OCc1ccccc1)NC(=O)[C@@H]1CCCN1C(=O)[C@H](CCCN=C(N)N)NC(=O)OCc1ccccc1)C(=O)O. The van der Waals surface area contributed by atoms with Crippen LogP contribution in [0.2, 0.25) is 0 Å². The standard InChI is InChI=1S/C92H118N20O18S/c1-54(2)45-71(81(117)105-70(89(125)126)39-44-131-3)106-82(118)73(47-58-50-100-64-29-14-11-26-61(58)64)108-84(120)74(48-59-51-101-65-30-15-12-27-62(59)65)109-83(119)72(46-57-49-99-63-28-13-10-25-60(57)63)107-80(116)66(35-37-77(93)113)102-79(115)67(36-38-78(94)114)103-85(121)75-33-19-42-111(75)87(123)68(31-16-17-40-98-91(127)129-52-55-21-6-4-7-22-55)104-86(122)76-34-20-43-112(76)88(124)69(32-18-41-97-90(95)96)110-92(128)130-53-56-23-8-5-9-24-56/h4-15,21-30,49-51,54,66-76,99-101H,16-20,31-48,52-53H2,1-3H3,(H2,93,113)(H2,94,114)(H,98,127)(H,102,115)(H,103,121)(H,104,122)(H,105,117)(H,106,118)(H,107,116)(H,108,120)(H,109,119)(H,110,128)(H,125,126)(H4,95,96,97)/t66-,67-,68-,69-,70+,71-,72+,73+,74-,75-,76-/m0/s1. The Labute approximate surface area is 761 Å². The van der Waals surface area contributed by atoms with Gasteiger partial charge in [0, 0.05) is 110 Å². The van der Waals surface area contributed by atoms with Crippen molar-refractivity contribution in [2.75, 3.05) is 38.2 Å². The summed E-state index contributed by atoms with van der Waals surface area (Å²) in [7, 11) is 0. The first kappa shape index (κ1) is 99.2. The zero-order chi connectivity index (χ0) is 94.0. The molecule has 2 saturated heterocycles. The van der Waals surface area contributed by atoms with Crippen LogP contribution in [0.3, 0.4) is 0 Å². The minimum Gasteiger partial charge on any atom is -0.480 e. The van der Waals surface area contributed by atoms with Gasteiger partial charge in [0.15, 0.2) is 5.96 Å². The molecule has 2 aliphatic rings. The number of primary amides is 2. The first-order chi connectivity index (χ1) is 63.0. The van der Waals surface area contributed by atoms with Crippen molar-refractivity contribution in [3.8, 4) is 0 Å². The van der Waals surface area contributed by atoms with Gasteiger partial charge in [-0.1, -0.05) is 129 Å². The third kappa shape index (κ3) is 29.8. The number of rotatable bonds is 50. The molecule has 131 heavy (non-hydrogen) atoms. The summed E-state index contributed by atoms with van der Waals surface area (Å²) >= 11 is 1.39. The molecule has 0 unspecified atom stereocenters. The molecule has 5 heterocycles. The van der Waals surface area contributed by atoms with Crippen LogP contribution in [0.15, 0.2) is 157 Å². The maximum Gasteiger partial charge on any atom is 0.408 e. The Hall–Kier alpha value is -14.0. The van der Waals surface area contributed by atoms with Crippen molar-refractivity contribution < 1.29 is 86.5 Å². The summed E-state index contributed by atoms with van der Waals surface area (Å²) < 4.78 is 10.9. The molecule has 0 spiro atoms. The third-order valence-corrected chi connectivity index (χ3v) is 23.5. The number of aromatic nitrogens is 3. The fourth-order valence-corrected chi connectivity index (χ4v) is 16.5. The highest BCUT2D eigenvalue weighted by molar-refractivity contribution is 7.98. The molecule has 10 rings (SSSR count). The van der Waals surface area contributed by atoms with Crippen LogP contribution in [0.4, 0.5) is 9.59 Å². The Morgan fingerprint density at radius 1 is 0.443 bits per heavy atom. The number of carboxylic acids is 1. The molecule has 2 aliphatic heterocycles. The lowest BCUT2D eigenvalue weighted by Crippen LogP contribution is -2.61. The number of aromatic amines is 3. The van der Waals surface area contributed by atoms with Crippen molar-refractivity contribution in [3.05, 3.63) is 180 Å². The molecule has 8 aromatic rings. The molecule has 0 bridgehead atoms. The van der Waals surface area contributed by atoms with E-state index in [1.807, 2.05) is 38.1 Å². The summed E-state index contributed by atoms with van der Waals surface area (Å²) in [5.74, 6) is -11.8. The van der Waals surface area contributed by atoms with E-state index >= 15 is 33.6 Å². The van der Waals surface area contributed by atoms with Crippen molar-refractivity contribution in [1.29, 1.82) is 0 Å². The number of amides is 14. The molecular weight excluding hydrogens is 1710 g/mol. The van der Waals surface area contributed by atoms with Gasteiger partial charge < -0.3 is 115 Å². The molecule has 14 amide bonds. The predicted molar refractivity (Wildman–Crippen MR) is 490 cm³/mol. The average molecular weight is 1820 g/mol. The number of fused-ring (bicyclic) bond motifs is 3. The van der Waals surface area contributed by atoms with Gasteiger partial charge in [-0.15, -0.1) is 0 Å². The summed E-state index contributed by atoms with van der Waals surface area (Å²) in [6, 6.07) is 23.4. The Kier molecular flexibility index (Phi) is 37.5. The van der Waals surface area contributed by atoms with Crippen LogP contribution in [0, 0.1) is 5.92 Å². The van der Waals surface area contributed by atoms with Crippen molar-refractivity contribution >= 4 is 139 Å². The van der Waals surface area contributed by atoms with Crippen LogP contribution in [0.5, 0.6) is 0 Å². The number of nitrogens with zero attached hydrogens (tertiary/aromatic N) is 3. The zero-order valence-electron chi connectivity index (χ0n) is 73.5. The number of hydrogen-bond donors (Lipinski definition) is 18. The number of carbonyl (C=O) groups excluding carboxylic acids is 14. The van der Waals surface area contributed by atoms with Crippen molar-refractivity contribution in [2.24, 2.45) is 33.8 Å². The van der Waals surface area contributed by atoms with E-state index in [2.05, 4.69) is 73.1 Å². The number of alkyl carbamates (subject to hydrolysis) is 2. The highest BCUT2D eigenvalue weighted by atomic mass is 32.2. The van der Waals surface area contributed by atoms with Gasteiger partial charge >= 0.3 is 18.2 Å². The first-order valence-corrected chi connectivity index (χ1v) is 45.3. The molecule has 0 saturated carbocycles. The predicted octanol–water partition coefficient (Wildman–Crippen LogP) is 3.88. The quantitative estimate of drug-likeness (QED) is 0.0146. The normalized spacial score (nSPS) is 15.6. The first-order valence-electron chi connectivity index (χ1n) is 43.9. The second-order valence-electron chi connectivity index (χ2n) is 33.0. The van der Waals surface area contributed by atoms with Gasteiger partial charge in [-0.2, -0.15) is 11.8 Å². The topological polar surface area (TPSA) is 585 Å². The lowest BCUT2D eigenvalue weighted by Gasteiger charge is -2.32. The van der Waals surface area contributed by atoms with Gasteiger partial charge in [-0.05, 0) is 147 Å². The van der Waals surface area contributed by atoms with E-state index in [4.69, 9.17) is 32.4 Å². The number of nitrogens with two attached hydrogens (primary N) is 4. The molecule has 3 aromatic heterocycles. The molecule has 2 fully saturated rings. The number of guanidine groups is 1. The van der Waals surface area contributed by atoms with Gasteiger partial charge in [-0.3, -0.25) is 62.5 Å². The van der Waals surface area contributed by atoms with Crippen LogP contribution in [-0.2, 0) is 104 Å². The molecule has 22 N–H and O–H groups in total. The van der Waals surface area contributed by atoms with Crippen LogP contribution in [0.25, 0.3) is 32.7 Å². The smallest absolute Gasteiger partial charge is 0.408 e. The monoisotopic (exact) mass is 1820 g/mol. The van der Waals surface area contributed by atoms with Crippen LogP contribution in [-0.4, -0.2) is 230 Å². The minimum atomic E-state index is -1.77. The lowest BCUT2D eigenvalue weighted by atomic mass is 9.99. The highest BCUT2D eigenvalue weighted by Gasteiger charge is 2.44. The number of aliphatic imine (C=N–C) groups is 1. The van der Waals surface area contributed by atoms with E-state index in [9.17, 15) is 43.5 Å². The number of ether oxygens (including phenoxy) is 2. The Morgan fingerprint density at radius 2 is 0.824 bits per heavy atom. The van der Waals surface area contributed by atoms with Crippen molar-refractivity contribution in [2.45, 2.75) is 209 Å². The molecule has 39 heteroatoms. The second kappa shape index (κ2) is 49.5. The highest BCUT2D eigenvalue weighted by Crippen LogP contribution is 2.28. The summed E-state index contributed by atoms with van der Waals surface area (Å²) in [5, 5.41) is 39.5. The number of carboxylic acid groups (broad SMARTS) is 1. The number of hydrogen-bond acceptors (Lipinski definition) is 19. The van der Waals surface area contributed by atoms with Gasteiger partial charge in [0.2, 0.25) is 70.9 Å². The van der Waals surface area contributed by atoms with Crippen LogP contribution >= 0.6 is 11.8 Å². The second-order valence-corrected chi connectivity index (χ2v) is 34.0. The average Bonchev–Trinajstić information content (AvgIpc) is 1.70. The fraction of sp³-hybridized carbons (Fsp3) is 0.435. The molecule has 700 valence electrons. The number of unbranched alkanes of at least 4 members (excludes halogenated alkanes) is 1. The summed E-state index contributed by atoms with van der Waals surface area (Å²) in [6.45, 7) is 3.71. The van der Waals surface area contributed by atoms with Crippen LogP contribution < -0.4 is 76.1 Å². The Morgan fingerprint density at radius 3 is 1.26 bits per heavy atom. The number of carbonyl (C=O) groups is 15. The van der Waals surface area contributed by atoms with Crippen molar-refractivity contribution in [3.63, 3.8) is 0 Å². The van der Waals surface area contributed by atoms with E-state index < -0.39 is 181 Å². The fourth-order valence-electron chi connectivity index (χ4n) is 16.0. The molecular formula is C92H118N20O18S. The van der Waals surface area contributed by atoms with Crippen LogP contribution in [0.1, 0.15) is 138 Å². The summed E-state index contributed by atoms with van der Waals surface area (Å²) in [6.07, 6.45) is 3.79. The van der Waals surface area contributed by atoms with Crippen molar-refractivity contribution in [1.82, 2.24) is 77.9 Å². The number of benzene rings is 5. The number of aliphatic carboxylic acids is 1. The Bertz CT molecular complexity index is 5330. The Balaban J connectivity index is 0.899. The lowest BCUT2D eigenvalue weighted by molar-refractivity contribution is -0.144. The summed E-state index contributed by atoms with van der Waals surface area (Å²) in [4.78, 5) is 231. The molecule has 0 radical (unpaired) electrons. The largest absolute Gasteiger partial charge is 0.480 e. The number of nitrogens with one attached hydrogen (secondary N) is 13. The number of thioether (sulfide) groups is 1. The molecule has 38 nitrogen and oxygen atoms in total. The number of para-hydroxylation sites is 3. The summed E-state index contributed by atoms with van der Waals surface area (Å²) in [5.41, 5.74) is 27.6. The number of H-pyrrole nitrogens is 3. The maximum atomic E-state index is 15.7. The van der Waals surface area contributed by atoms with E-state index in [-0.39, 0.29) is 135 Å². The minimum absolute atomic E-state index is 0.00645. The molecule has 11 atom stereocenters. The third-order valence-electron chi connectivity index (χ3n) is 22.8. The van der Waals surface area contributed by atoms with Gasteiger partial charge in [0.1, 0.15) is 79.7 Å². The van der Waals surface area contributed by atoms with E-state index in [0.717, 1.165) is 5.56 Å². The van der Waals surface area contributed by atoms with Gasteiger partial charge in [0.05, 0.1) is 0 Å². The van der Waals surface area contributed by atoms with E-state index in [1.165, 1.54) is 21.6 Å². The maximum absolute atomic E-state index is 15.7. The van der Waals surface area contributed by atoms with E-state index in [1.54, 1.807) is 134 Å². The number of likely N-dealkylation sites (tertiary alicyclic amines) is 2. The van der Waals surface area contributed by atoms with E-state index in [0.29, 0.717) is 67.1 Å². The molecule has 0 aliphatic carbocycles. The molecule has 5 aromatic carbocycles. The van der Waals surface area contributed by atoms with Gasteiger partial charge in [0.25, 0.3) is 0 Å².